The Kier molecular flexibility index (Phi) is 5.10. The molecule has 0 aliphatic rings. The number of aromatic nitrogens is 2. The van der Waals surface area contributed by atoms with Crippen LogP contribution in [0, 0.1) is 19.3 Å². The molecule has 9 heteroatoms. The van der Waals surface area contributed by atoms with Gasteiger partial charge in [0.2, 0.25) is 15.9 Å². The zero-order chi connectivity index (χ0) is 16.9. The number of ether oxygens (including phenoxy) is 1. The van der Waals surface area contributed by atoms with Crippen molar-refractivity contribution in [1.29, 1.82) is 0 Å². The highest BCUT2D eigenvalue weighted by Gasteiger charge is 2.16. The van der Waals surface area contributed by atoms with E-state index >= 15 is 0 Å². The van der Waals surface area contributed by atoms with E-state index in [1.165, 1.54) is 24.3 Å². The van der Waals surface area contributed by atoms with Gasteiger partial charge in [-0.15, -0.1) is 16.6 Å². The van der Waals surface area contributed by atoms with Gasteiger partial charge in [-0.05, 0) is 18.2 Å². The maximum atomic E-state index is 12.0. The van der Waals surface area contributed by atoms with Crippen molar-refractivity contribution in [1.82, 2.24) is 14.9 Å². The first-order valence-electron chi connectivity index (χ1n) is 6.41. The van der Waals surface area contributed by atoms with Crippen molar-refractivity contribution < 1.29 is 22.4 Å². The lowest BCUT2D eigenvalue weighted by atomic mass is 10.2. The SMILES string of the molecule is C#CCNS(=O)(=O)c1cccc(C(=O)OCc2nnc(C)o2)c1. The van der Waals surface area contributed by atoms with Gasteiger partial charge in [-0.1, -0.05) is 12.0 Å². The third-order valence-electron chi connectivity index (χ3n) is 2.64. The van der Waals surface area contributed by atoms with Crippen molar-refractivity contribution in [2.75, 3.05) is 6.54 Å². The fourth-order valence-corrected chi connectivity index (χ4v) is 2.60. The summed E-state index contributed by atoms with van der Waals surface area (Å²) in [6, 6.07) is 5.40. The fraction of sp³-hybridized carbons (Fsp3) is 0.214. The van der Waals surface area contributed by atoms with Crippen molar-refractivity contribution in [3.63, 3.8) is 0 Å². The lowest BCUT2D eigenvalue weighted by molar-refractivity contribution is 0.0436. The number of benzene rings is 1. The van der Waals surface area contributed by atoms with Gasteiger partial charge in [0.1, 0.15) is 0 Å². The molecule has 0 unspecified atom stereocenters. The van der Waals surface area contributed by atoms with E-state index in [-0.39, 0.29) is 29.5 Å². The van der Waals surface area contributed by atoms with E-state index < -0.39 is 16.0 Å². The standard InChI is InChI=1S/C14H13N3O5S/c1-3-7-15-23(19,20)12-6-4-5-11(8-12)14(18)21-9-13-17-16-10(2)22-13/h1,4-6,8,15H,7,9H2,2H3. The summed E-state index contributed by atoms with van der Waals surface area (Å²) in [7, 11) is -3.78. The quantitative estimate of drug-likeness (QED) is 0.609. The van der Waals surface area contributed by atoms with Gasteiger partial charge >= 0.3 is 5.97 Å². The maximum absolute atomic E-state index is 12.0. The Morgan fingerprint density at radius 2 is 2.22 bits per heavy atom. The molecular weight excluding hydrogens is 322 g/mol. The average molecular weight is 335 g/mol. The Morgan fingerprint density at radius 3 is 2.87 bits per heavy atom. The highest BCUT2D eigenvalue weighted by molar-refractivity contribution is 7.89. The number of nitrogens with zero attached hydrogens (tertiary/aromatic N) is 2. The Hall–Kier alpha value is -2.70. The zero-order valence-electron chi connectivity index (χ0n) is 12.1. The van der Waals surface area contributed by atoms with Crippen LogP contribution in [0.5, 0.6) is 0 Å². The van der Waals surface area contributed by atoms with Crippen molar-refractivity contribution >= 4 is 16.0 Å². The highest BCUT2D eigenvalue weighted by atomic mass is 32.2. The number of carbonyl (C=O) groups is 1. The van der Waals surface area contributed by atoms with Gasteiger partial charge in [-0.25, -0.2) is 13.2 Å². The molecule has 0 spiro atoms. The molecule has 0 bridgehead atoms. The molecule has 0 atom stereocenters. The van der Waals surface area contributed by atoms with Crippen LogP contribution in [-0.4, -0.2) is 31.1 Å². The molecule has 2 aromatic rings. The summed E-state index contributed by atoms with van der Waals surface area (Å²) in [4.78, 5) is 11.9. The minimum Gasteiger partial charge on any atom is -0.452 e. The number of hydrogen-bond acceptors (Lipinski definition) is 7. The molecule has 1 aromatic heterocycles. The van der Waals surface area contributed by atoms with Gasteiger partial charge in [-0.3, -0.25) is 0 Å². The Bertz CT molecular complexity index is 851. The summed E-state index contributed by atoms with van der Waals surface area (Å²) in [5.41, 5.74) is 0.0739. The summed E-state index contributed by atoms with van der Waals surface area (Å²) >= 11 is 0. The molecule has 1 aromatic carbocycles. The fourth-order valence-electron chi connectivity index (χ4n) is 1.62. The van der Waals surface area contributed by atoms with E-state index in [9.17, 15) is 13.2 Å². The number of esters is 1. The van der Waals surface area contributed by atoms with Gasteiger partial charge in [0, 0.05) is 6.92 Å². The van der Waals surface area contributed by atoms with Gasteiger partial charge < -0.3 is 9.15 Å². The number of hydrogen-bond donors (Lipinski definition) is 1. The molecule has 120 valence electrons. The van der Waals surface area contributed by atoms with Crippen LogP contribution in [0.15, 0.2) is 33.6 Å². The predicted octanol–water partition coefficient (Wildman–Crippen LogP) is 0.647. The largest absolute Gasteiger partial charge is 0.452 e. The highest BCUT2D eigenvalue weighted by Crippen LogP contribution is 2.13. The second-order valence-corrected chi connectivity index (χ2v) is 6.11. The summed E-state index contributed by atoms with van der Waals surface area (Å²) in [6.07, 6.45) is 5.02. The molecule has 0 fully saturated rings. The van der Waals surface area contributed by atoms with Gasteiger partial charge in [0.15, 0.2) is 6.61 Å². The first-order chi connectivity index (χ1) is 10.9. The second kappa shape index (κ2) is 7.04. The lowest BCUT2D eigenvalue weighted by Gasteiger charge is -2.06. The predicted molar refractivity (Wildman–Crippen MR) is 78.6 cm³/mol. The van der Waals surface area contributed by atoms with Crippen molar-refractivity contribution in [3.05, 3.63) is 41.6 Å². The number of sulfonamides is 1. The minimum atomic E-state index is -3.78. The van der Waals surface area contributed by atoms with Crippen LogP contribution in [-0.2, 0) is 21.4 Å². The zero-order valence-corrected chi connectivity index (χ0v) is 13.0. The third kappa shape index (κ3) is 4.38. The molecule has 0 saturated carbocycles. The Balaban J connectivity index is 2.09. The maximum Gasteiger partial charge on any atom is 0.338 e. The first kappa shape index (κ1) is 16.7. The molecular formula is C14H13N3O5S. The van der Waals surface area contributed by atoms with Crippen molar-refractivity contribution in [2.24, 2.45) is 0 Å². The summed E-state index contributed by atoms with van der Waals surface area (Å²) < 4.78 is 36.2. The lowest BCUT2D eigenvalue weighted by Crippen LogP contribution is -2.24. The smallest absolute Gasteiger partial charge is 0.338 e. The average Bonchev–Trinajstić information content (AvgIpc) is 2.96. The molecule has 0 radical (unpaired) electrons. The Morgan fingerprint density at radius 1 is 1.43 bits per heavy atom. The van der Waals surface area contributed by atoms with E-state index in [2.05, 4.69) is 20.8 Å². The van der Waals surface area contributed by atoms with Crippen LogP contribution in [0.4, 0.5) is 0 Å². The molecule has 1 heterocycles. The van der Waals surface area contributed by atoms with E-state index in [4.69, 9.17) is 15.6 Å². The second-order valence-electron chi connectivity index (χ2n) is 4.35. The van der Waals surface area contributed by atoms with Crippen molar-refractivity contribution in [3.8, 4) is 12.3 Å². The number of terminal acetylenes is 1. The molecule has 0 aliphatic heterocycles. The number of carbonyl (C=O) groups excluding carboxylic acids is 1. The molecule has 0 saturated heterocycles. The van der Waals surface area contributed by atoms with E-state index in [1.807, 2.05) is 0 Å². The van der Waals surface area contributed by atoms with Gasteiger partial charge in [-0.2, -0.15) is 4.72 Å². The van der Waals surface area contributed by atoms with E-state index in [1.54, 1.807) is 6.92 Å². The Labute approximate surface area is 132 Å². The van der Waals surface area contributed by atoms with Crippen LogP contribution in [0.1, 0.15) is 22.1 Å². The third-order valence-corrected chi connectivity index (χ3v) is 4.04. The number of aryl methyl sites for hydroxylation is 1. The monoisotopic (exact) mass is 335 g/mol. The van der Waals surface area contributed by atoms with Crippen LogP contribution in [0.25, 0.3) is 0 Å². The molecule has 0 amide bonds. The van der Waals surface area contributed by atoms with Crippen LogP contribution in [0.3, 0.4) is 0 Å². The molecule has 8 nitrogen and oxygen atoms in total. The molecule has 0 aliphatic carbocycles. The summed E-state index contributed by atoms with van der Waals surface area (Å²) in [6.45, 7) is 1.26. The van der Waals surface area contributed by atoms with Gasteiger partial charge in [0.05, 0.1) is 17.0 Å². The molecule has 2 rings (SSSR count). The van der Waals surface area contributed by atoms with Crippen LogP contribution < -0.4 is 4.72 Å². The molecule has 1 N–H and O–H groups in total. The number of rotatable bonds is 6. The number of nitrogens with one attached hydrogen (secondary N) is 1. The van der Waals surface area contributed by atoms with E-state index in [0.29, 0.717) is 5.89 Å². The summed E-state index contributed by atoms with van der Waals surface area (Å²) in [5, 5.41) is 7.28. The topological polar surface area (TPSA) is 111 Å². The van der Waals surface area contributed by atoms with Crippen molar-refractivity contribution in [2.45, 2.75) is 18.4 Å². The molecule has 23 heavy (non-hydrogen) atoms. The minimum absolute atomic E-state index is 0.0739. The first-order valence-corrected chi connectivity index (χ1v) is 7.90. The van der Waals surface area contributed by atoms with Gasteiger partial charge in [0.25, 0.3) is 5.89 Å². The van der Waals surface area contributed by atoms with Crippen LogP contribution >= 0.6 is 0 Å². The normalized spacial score (nSPS) is 11.0. The van der Waals surface area contributed by atoms with E-state index in [0.717, 1.165) is 0 Å². The van der Waals surface area contributed by atoms with Crippen LogP contribution in [0.2, 0.25) is 0 Å². The summed E-state index contributed by atoms with van der Waals surface area (Å²) in [5.74, 6) is 1.95.